The summed E-state index contributed by atoms with van der Waals surface area (Å²) < 4.78 is 0. The second kappa shape index (κ2) is 3.82. The summed E-state index contributed by atoms with van der Waals surface area (Å²) in [7, 11) is 0. The van der Waals surface area contributed by atoms with Gasteiger partial charge in [-0.1, -0.05) is 6.07 Å². The summed E-state index contributed by atoms with van der Waals surface area (Å²) in [6.07, 6.45) is 0.700. The van der Waals surface area contributed by atoms with Crippen molar-refractivity contribution in [3.63, 3.8) is 0 Å². The third-order valence-electron chi connectivity index (χ3n) is 2.32. The molecule has 0 atom stereocenters. The van der Waals surface area contributed by atoms with Gasteiger partial charge in [0.25, 0.3) is 0 Å². The van der Waals surface area contributed by atoms with Crippen molar-refractivity contribution in [3.05, 3.63) is 29.6 Å². The van der Waals surface area contributed by atoms with Gasteiger partial charge in [0.15, 0.2) is 5.78 Å². The molecule has 0 aliphatic rings. The molecular formula is C11H13N3O. The maximum Gasteiger partial charge on any atom is 0.162 e. The number of hydrogen-bond acceptors (Lipinski definition) is 3. The Labute approximate surface area is 87.5 Å². The predicted molar refractivity (Wildman–Crippen MR) is 58.9 cm³/mol. The van der Waals surface area contributed by atoms with Crippen LogP contribution in [0.15, 0.2) is 18.2 Å². The van der Waals surface area contributed by atoms with Crippen molar-refractivity contribution in [2.45, 2.75) is 13.3 Å². The van der Waals surface area contributed by atoms with E-state index in [-0.39, 0.29) is 5.78 Å². The topological polar surface area (TPSA) is 71.8 Å². The molecule has 78 valence electrons. The third-order valence-corrected chi connectivity index (χ3v) is 2.32. The first-order valence-electron chi connectivity index (χ1n) is 4.91. The van der Waals surface area contributed by atoms with Crippen LogP contribution in [0, 0.1) is 0 Å². The SMILES string of the molecule is CC(=O)c1cccc2[nH]c(CCN)nc12. The Morgan fingerprint density at radius 3 is 3.00 bits per heavy atom. The molecule has 0 aliphatic carbocycles. The Morgan fingerprint density at radius 2 is 2.33 bits per heavy atom. The van der Waals surface area contributed by atoms with Gasteiger partial charge in [0.2, 0.25) is 0 Å². The van der Waals surface area contributed by atoms with Crippen LogP contribution in [-0.2, 0) is 6.42 Å². The second-order valence-corrected chi connectivity index (χ2v) is 3.48. The number of nitrogens with two attached hydrogens (primary N) is 1. The lowest BCUT2D eigenvalue weighted by Crippen LogP contribution is -2.03. The van der Waals surface area contributed by atoms with E-state index in [1.165, 1.54) is 0 Å². The highest BCUT2D eigenvalue weighted by molar-refractivity contribution is 6.04. The summed E-state index contributed by atoms with van der Waals surface area (Å²) in [6.45, 7) is 2.10. The molecule has 2 rings (SSSR count). The molecule has 0 bridgehead atoms. The summed E-state index contributed by atoms with van der Waals surface area (Å²) in [5.74, 6) is 0.868. The maximum atomic E-state index is 11.3. The van der Waals surface area contributed by atoms with Crippen LogP contribution in [0.1, 0.15) is 23.1 Å². The summed E-state index contributed by atoms with van der Waals surface area (Å²) in [5.41, 5.74) is 7.75. The highest BCUT2D eigenvalue weighted by atomic mass is 16.1. The standard InChI is InChI=1S/C11H13N3O/c1-7(15)8-3-2-4-9-11(8)14-10(13-9)5-6-12/h2-4H,5-6,12H2,1H3,(H,13,14). The second-order valence-electron chi connectivity index (χ2n) is 3.48. The van der Waals surface area contributed by atoms with E-state index in [0.717, 1.165) is 16.9 Å². The lowest BCUT2D eigenvalue weighted by molar-refractivity contribution is 0.101. The zero-order valence-electron chi connectivity index (χ0n) is 8.58. The number of rotatable bonds is 3. The van der Waals surface area contributed by atoms with Crippen molar-refractivity contribution in [3.8, 4) is 0 Å². The van der Waals surface area contributed by atoms with Crippen molar-refractivity contribution in [1.29, 1.82) is 0 Å². The van der Waals surface area contributed by atoms with Crippen LogP contribution in [0.2, 0.25) is 0 Å². The summed E-state index contributed by atoms with van der Waals surface area (Å²) in [6, 6.07) is 5.55. The summed E-state index contributed by atoms with van der Waals surface area (Å²) in [5, 5.41) is 0. The number of nitrogens with one attached hydrogen (secondary N) is 1. The van der Waals surface area contributed by atoms with Crippen LogP contribution in [0.5, 0.6) is 0 Å². The number of nitrogens with zero attached hydrogens (tertiary/aromatic N) is 1. The highest BCUT2D eigenvalue weighted by Gasteiger charge is 2.09. The van der Waals surface area contributed by atoms with Gasteiger partial charge >= 0.3 is 0 Å². The average Bonchev–Trinajstić information content (AvgIpc) is 2.59. The van der Waals surface area contributed by atoms with Gasteiger partial charge in [-0.25, -0.2) is 4.98 Å². The van der Waals surface area contributed by atoms with E-state index in [0.29, 0.717) is 18.5 Å². The maximum absolute atomic E-state index is 11.3. The molecule has 1 aromatic heterocycles. The molecule has 0 unspecified atom stereocenters. The molecule has 2 aromatic rings. The van der Waals surface area contributed by atoms with Gasteiger partial charge in [-0.15, -0.1) is 0 Å². The normalized spacial score (nSPS) is 10.8. The van der Waals surface area contributed by atoms with Gasteiger partial charge < -0.3 is 10.7 Å². The Morgan fingerprint density at radius 1 is 1.53 bits per heavy atom. The molecular weight excluding hydrogens is 190 g/mol. The summed E-state index contributed by atoms with van der Waals surface area (Å²) in [4.78, 5) is 18.9. The minimum atomic E-state index is 0.0337. The molecule has 0 spiro atoms. The Hall–Kier alpha value is -1.68. The van der Waals surface area contributed by atoms with Crippen LogP contribution in [0.4, 0.5) is 0 Å². The number of imidazole rings is 1. The molecule has 15 heavy (non-hydrogen) atoms. The number of ketones is 1. The lowest BCUT2D eigenvalue weighted by Gasteiger charge is -1.94. The fourth-order valence-electron chi connectivity index (χ4n) is 1.62. The number of benzene rings is 1. The van der Waals surface area contributed by atoms with E-state index in [4.69, 9.17) is 5.73 Å². The molecule has 1 heterocycles. The number of para-hydroxylation sites is 1. The molecule has 3 N–H and O–H groups in total. The minimum absolute atomic E-state index is 0.0337. The highest BCUT2D eigenvalue weighted by Crippen LogP contribution is 2.16. The third kappa shape index (κ3) is 1.76. The molecule has 0 aliphatic heterocycles. The van der Waals surface area contributed by atoms with Gasteiger partial charge in [-0.3, -0.25) is 4.79 Å². The van der Waals surface area contributed by atoms with Crippen molar-refractivity contribution in [1.82, 2.24) is 9.97 Å². The molecule has 0 radical (unpaired) electrons. The predicted octanol–water partition coefficient (Wildman–Crippen LogP) is 1.27. The number of fused-ring (bicyclic) bond motifs is 1. The van der Waals surface area contributed by atoms with E-state index in [9.17, 15) is 4.79 Å². The van der Waals surface area contributed by atoms with Crippen LogP contribution < -0.4 is 5.73 Å². The fourth-order valence-corrected chi connectivity index (χ4v) is 1.62. The Bertz CT molecular complexity index is 502. The first-order chi connectivity index (χ1) is 7.22. The van der Waals surface area contributed by atoms with Gasteiger partial charge in [-0.2, -0.15) is 0 Å². The smallest absolute Gasteiger partial charge is 0.162 e. The first kappa shape index (κ1) is 9.86. The summed E-state index contributed by atoms with van der Waals surface area (Å²) >= 11 is 0. The zero-order valence-corrected chi connectivity index (χ0v) is 8.58. The van der Waals surface area contributed by atoms with E-state index >= 15 is 0 Å². The van der Waals surface area contributed by atoms with Crippen molar-refractivity contribution < 1.29 is 4.79 Å². The quantitative estimate of drug-likeness (QED) is 0.738. The monoisotopic (exact) mass is 203 g/mol. The number of Topliss-reactive ketones (excluding diaryl/α,β-unsaturated/α-hetero) is 1. The van der Waals surface area contributed by atoms with Crippen molar-refractivity contribution in [2.75, 3.05) is 6.54 Å². The first-order valence-corrected chi connectivity index (χ1v) is 4.91. The van der Waals surface area contributed by atoms with E-state index in [1.807, 2.05) is 12.1 Å². The Kier molecular flexibility index (Phi) is 2.51. The van der Waals surface area contributed by atoms with Gasteiger partial charge in [0.05, 0.1) is 11.0 Å². The number of carbonyl (C=O) groups is 1. The van der Waals surface area contributed by atoms with Gasteiger partial charge in [-0.05, 0) is 25.6 Å². The lowest BCUT2D eigenvalue weighted by atomic mass is 10.1. The number of H-pyrrole nitrogens is 1. The van der Waals surface area contributed by atoms with E-state index < -0.39 is 0 Å². The van der Waals surface area contributed by atoms with E-state index in [1.54, 1.807) is 13.0 Å². The molecule has 0 saturated carbocycles. The number of aromatic nitrogens is 2. The van der Waals surface area contributed by atoms with Crippen LogP contribution >= 0.6 is 0 Å². The average molecular weight is 203 g/mol. The number of hydrogen-bond donors (Lipinski definition) is 2. The van der Waals surface area contributed by atoms with Crippen molar-refractivity contribution >= 4 is 16.8 Å². The van der Waals surface area contributed by atoms with Gasteiger partial charge in [0.1, 0.15) is 5.82 Å². The fraction of sp³-hybridized carbons (Fsp3) is 0.273. The molecule has 0 saturated heterocycles. The zero-order chi connectivity index (χ0) is 10.8. The van der Waals surface area contributed by atoms with Gasteiger partial charge in [0, 0.05) is 12.0 Å². The molecule has 0 amide bonds. The van der Waals surface area contributed by atoms with Crippen LogP contribution in [-0.4, -0.2) is 22.3 Å². The van der Waals surface area contributed by atoms with Crippen molar-refractivity contribution in [2.24, 2.45) is 5.73 Å². The molecule has 4 nitrogen and oxygen atoms in total. The van der Waals surface area contributed by atoms with E-state index in [2.05, 4.69) is 9.97 Å². The number of carbonyl (C=O) groups excluding carboxylic acids is 1. The molecule has 0 fully saturated rings. The van der Waals surface area contributed by atoms with Crippen LogP contribution in [0.3, 0.4) is 0 Å². The molecule has 1 aromatic carbocycles. The Balaban J connectivity index is 2.59. The number of aromatic amines is 1. The minimum Gasteiger partial charge on any atom is -0.342 e. The largest absolute Gasteiger partial charge is 0.342 e. The molecule has 4 heteroatoms. The van der Waals surface area contributed by atoms with Crippen LogP contribution in [0.25, 0.3) is 11.0 Å².